The first-order chi connectivity index (χ1) is 9.83. The van der Waals surface area contributed by atoms with Gasteiger partial charge >= 0.3 is 0 Å². The maximum atomic E-state index is 12.0. The van der Waals surface area contributed by atoms with Crippen molar-refractivity contribution in [3.63, 3.8) is 0 Å². The van der Waals surface area contributed by atoms with Crippen LogP contribution in [0.5, 0.6) is 0 Å². The fourth-order valence-corrected chi connectivity index (χ4v) is 2.98. The zero-order valence-electron chi connectivity index (χ0n) is 11.8. The Balaban J connectivity index is 1.42. The Hall–Kier alpha value is -1.43. The highest BCUT2D eigenvalue weighted by molar-refractivity contribution is 5.91. The number of rotatable bonds is 5. The molecule has 110 valence electrons. The van der Waals surface area contributed by atoms with Gasteiger partial charge in [0.15, 0.2) is 5.69 Å². The summed E-state index contributed by atoms with van der Waals surface area (Å²) in [5.74, 6) is 0.695. The van der Waals surface area contributed by atoms with E-state index in [4.69, 9.17) is 0 Å². The summed E-state index contributed by atoms with van der Waals surface area (Å²) < 4.78 is 1.78. The van der Waals surface area contributed by atoms with Crippen molar-refractivity contribution < 1.29 is 4.79 Å². The molecule has 6 nitrogen and oxygen atoms in total. The zero-order chi connectivity index (χ0) is 13.8. The number of hydrogen-bond donors (Lipinski definition) is 2. The molecule has 0 spiro atoms. The molecule has 1 aromatic heterocycles. The van der Waals surface area contributed by atoms with Crippen molar-refractivity contribution in [3.05, 3.63) is 11.9 Å². The fourth-order valence-electron chi connectivity index (χ4n) is 2.98. The van der Waals surface area contributed by atoms with Gasteiger partial charge in [0.25, 0.3) is 5.91 Å². The quantitative estimate of drug-likeness (QED) is 0.846. The van der Waals surface area contributed by atoms with Crippen LogP contribution in [0.2, 0.25) is 0 Å². The van der Waals surface area contributed by atoms with Gasteiger partial charge in [-0.2, -0.15) is 0 Å². The molecule has 2 fully saturated rings. The van der Waals surface area contributed by atoms with Gasteiger partial charge in [0.2, 0.25) is 0 Å². The number of carbonyl (C=O) groups excluding carboxylic acids is 1. The Labute approximate surface area is 119 Å². The van der Waals surface area contributed by atoms with E-state index in [-0.39, 0.29) is 5.91 Å². The van der Waals surface area contributed by atoms with Crippen molar-refractivity contribution in [3.8, 4) is 0 Å². The summed E-state index contributed by atoms with van der Waals surface area (Å²) in [6.07, 6.45) is 9.56. The first-order valence-corrected chi connectivity index (χ1v) is 7.73. The third kappa shape index (κ3) is 3.17. The highest BCUT2D eigenvalue weighted by Crippen LogP contribution is 2.25. The Morgan fingerprint density at radius 3 is 2.85 bits per heavy atom. The van der Waals surface area contributed by atoms with Gasteiger partial charge in [-0.15, -0.1) is 5.10 Å². The molecule has 0 aromatic carbocycles. The molecule has 0 bridgehead atoms. The molecule has 2 heterocycles. The van der Waals surface area contributed by atoms with Gasteiger partial charge in [-0.1, -0.05) is 37.3 Å². The van der Waals surface area contributed by atoms with E-state index in [1.54, 1.807) is 10.9 Å². The molecule has 2 aliphatic rings. The Bertz CT molecular complexity index is 448. The maximum Gasteiger partial charge on any atom is 0.273 e. The summed E-state index contributed by atoms with van der Waals surface area (Å²) in [5.41, 5.74) is 0.431. The largest absolute Gasteiger partial charge is 0.351 e. The third-order valence-corrected chi connectivity index (χ3v) is 4.44. The average molecular weight is 277 g/mol. The van der Waals surface area contributed by atoms with Gasteiger partial charge in [0.1, 0.15) is 0 Å². The van der Waals surface area contributed by atoms with Crippen molar-refractivity contribution in [2.24, 2.45) is 5.92 Å². The molecule has 1 aliphatic carbocycles. The normalized spacial score (nSPS) is 20.6. The highest BCUT2D eigenvalue weighted by atomic mass is 16.2. The molecule has 1 saturated carbocycles. The van der Waals surface area contributed by atoms with E-state index in [1.807, 2.05) is 0 Å². The molecule has 1 saturated heterocycles. The SMILES string of the molecule is O=C(NCCC1CCCCC1)c1cn(C2CNC2)nn1. The Kier molecular flexibility index (Phi) is 4.30. The van der Waals surface area contributed by atoms with Crippen LogP contribution in [0, 0.1) is 5.92 Å². The molecule has 0 unspecified atom stereocenters. The Morgan fingerprint density at radius 2 is 2.15 bits per heavy atom. The van der Waals surface area contributed by atoms with Gasteiger partial charge in [-0.25, -0.2) is 4.68 Å². The van der Waals surface area contributed by atoms with E-state index in [0.717, 1.165) is 32.0 Å². The zero-order valence-corrected chi connectivity index (χ0v) is 11.8. The number of carbonyl (C=O) groups is 1. The smallest absolute Gasteiger partial charge is 0.273 e. The molecular weight excluding hydrogens is 254 g/mol. The number of nitrogens with one attached hydrogen (secondary N) is 2. The summed E-state index contributed by atoms with van der Waals surface area (Å²) in [5, 5.41) is 14.1. The number of hydrogen-bond acceptors (Lipinski definition) is 4. The van der Waals surface area contributed by atoms with Gasteiger partial charge in [0.05, 0.1) is 12.2 Å². The summed E-state index contributed by atoms with van der Waals surface area (Å²) in [7, 11) is 0. The standard InChI is InChI=1S/C14H23N5O/c20-14(16-7-6-11-4-2-1-3-5-11)13-10-19(18-17-13)12-8-15-9-12/h10-12,15H,1-9H2,(H,16,20). The predicted molar refractivity (Wildman–Crippen MR) is 75.5 cm³/mol. The topological polar surface area (TPSA) is 71.8 Å². The molecule has 0 radical (unpaired) electrons. The van der Waals surface area contributed by atoms with Crippen LogP contribution < -0.4 is 10.6 Å². The van der Waals surface area contributed by atoms with Crippen LogP contribution in [0.4, 0.5) is 0 Å². The van der Waals surface area contributed by atoms with Gasteiger partial charge < -0.3 is 10.6 Å². The van der Waals surface area contributed by atoms with Gasteiger partial charge in [0, 0.05) is 19.6 Å². The van der Waals surface area contributed by atoms with Crippen LogP contribution in [0.15, 0.2) is 6.20 Å². The van der Waals surface area contributed by atoms with Crippen LogP contribution >= 0.6 is 0 Å². The molecule has 1 aromatic rings. The summed E-state index contributed by atoms with van der Waals surface area (Å²) in [6.45, 7) is 2.57. The minimum atomic E-state index is -0.0978. The monoisotopic (exact) mass is 277 g/mol. The molecule has 3 rings (SSSR count). The van der Waals surface area contributed by atoms with E-state index in [2.05, 4.69) is 20.9 Å². The maximum absolute atomic E-state index is 12.0. The van der Waals surface area contributed by atoms with Crippen LogP contribution in [0.3, 0.4) is 0 Å². The molecule has 2 N–H and O–H groups in total. The lowest BCUT2D eigenvalue weighted by Gasteiger charge is -2.26. The first-order valence-electron chi connectivity index (χ1n) is 7.73. The predicted octanol–water partition coefficient (Wildman–Crippen LogP) is 1.12. The average Bonchev–Trinajstić information content (AvgIpc) is 2.87. The van der Waals surface area contributed by atoms with Crippen molar-refractivity contribution in [2.45, 2.75) is 44.6 Å². The second kappa shape index (κ2) is 6.35. The van der Waals surface area contributed by atoms with E-state index >= 15 is 0 Å². The lowest BCUT2D eigenvalue weighted by atomic mass is 9.87. The number of nitrogens with zero attached hydrogens (tertiary/aromatic N) is 3. The third-order valence-electron chi connectivity index (χ3n) is 4.44. The van der Waals surface area contributed by atoms with Crippen LogP contribution in [0.1, 0.15) is 55.1 Å². The number of amides is 1. The number of aromatic nitrogens is 3. The molecule has 1 amide bonds. The van der Waals surface area contributed by atoms with E-state index in [0.29, 0.717) is 11.7 Å². The van der Waals surface area contributed by atoms with E-state index < -0.39 is 0 Å². The molecular formula is C14H23N5O. The highest BCUT2D eigenvalue weighted by Gasteiger charge is 2.21. The van der Waals surface area contributed by atoms with Crippen molar-refractivity contribution in [1.82, 2.24) is 25.6 Å². The molecule has 0 atom stereocenters. The fraction of sp³-hybridized carbons (Fsp3) is 0.786. The van der Waals surface area contributed by atoms with Crippen molar-refractivity contribution in [1.29, 1.82) is 0 Å². The minimum Gasteiger partial charge on any atom is -0.351 e. The van der Waals surface area contributed by atoms with Gasteiger partial charge in [-0.05, 0) is 12.3 Å². The second-order valence-electron chi connectivity index (χ2n) is 5.94. The van der Waals surface area contributed by atoms with Crippen molar-refractivity contribution >= 4 is 5.91 Å². The van der Waals surface area contributed by atoms with Crippen LogP contribution in [0.25, 0.3) is 0 Å². The minimum absolute atomic E-state index is 0.0978. The van der Waals surface area contributed by atoms with Crippen molar-refractivity contribution in [2.75, 3.05) is 19.6 Å². The van der Waals surface area contributed by atoms with Crippen LogP contribution in [-0.4, -0.2) is 40.5 Å². The van der Waals surface area contributed by atoms with E-state index in [1.165, 1.54) is 32.1 Å². The lowest BCUT2D eigenvalue weighted by molar-refractivity contribution is 0.0945. The second-order valence-corrected chi connectivity index (χ2v) is 5.94. The van der Waals surface area contributed by atoms with Gasteiger partial charge in [-0.3, -0.25) is 4.79 Å². The summed E-state index contributed by atoms with van der Waals surface area (Å²) >= 11 is 0. The molecule has 20 heavy (non-hydrogen) atoms. The summed E-state index contributed by atoms with van der Waals surface area (Å²) in [4.78, 5) is 12.0. The summed E-state index contributed by atoms with van der Waals surface area (Å²) in [6, 6.07) is 0.353. The lowest BCUT2D eigenvalue weighted by Crippen LogP contribution is -2.43. The molecule has 6 heteroatoms. The van der Waals surface area contributed by atoms with Crippen LogP contribution in [-0.2, 0) is 0 Å². The van der Waals surface area contributed by atoms with E-state index in [9.17, 15) is 4.79 Å². The first kappa shape index (κ1) is 13.5. The molecule has 1 aliphatic heterocycles. The Morgan fingerprint density at radius 1 is 1.35 bits per heavy atom.